The third kappa shape index (κ3) is 6.65. The molecule has 0 saturated carbocycles. The zero-order valence-electron chi connectivity index (χ0n) is 17.8. The SMILES string of the molecule is C=C[C@@H](C)[C@@H](O)C[C@@H](C)C[C@@H](C)CO[Si](C(C)C)(C(C)C)C(C)C. The molecule has 0 spiro atoms. The number of aliphatic hydroxyl groups excluding tert-OH is 1. The first-order valence-corrected chi connectivity index (χ1v) is 12.1. The Balaban J connectivity index is 4.64. The van der Waals surface area contributed by atoms with Crippen LogP contribution in [0.25, 0.3) is 0 Å². The average molecular weight is 357 g/mol. The van der Waals surface area contributed by atoms with Crippen LogP contribution in [0, 0.1) is 17.8 Å². The summed E-state index contributed by atoms with van der Waals surface area (Å²) in [6, 6.07) is 0. The zero-order valence-corrected chi connectivity index (χ0v) is 18.8. The van der Waals surface area contributed by atoms with Crippen molar-refractivity contribution in [2.75, 3.05) is 6.61 Å². The molecule has 0 bridgehead atoms. The number of hydrogen-bond acceptors (Lipinski definition) is 2. The quantitative estimate of drug-likeness (QED) is 0.323. The topological polar surface area (TPSA) is 29.5 Å². The zero-order chi connectivity index (χ0) is 19.1. The number of hydrogen-bond donors (Lipinski definition) is 1. The Morgan fingerprint density at radius 3 is 1.67 bits per heavy atom. The third-order valence-electron chi connectivity index (χ3n) is 5.75. The summed E-state index contributed by atoms with van der Waals surface area (Å²) >= 11 is 0. The molecule has 0 saturated heterocycles. The molecule has 4 atom stereocenters. The molecule has 0 fully saturated rings. The van der Waals surface area contributed by atoms with Gasteiger partial charge in [0.2, 0.25) is 0 Å². The van der Waals surface area contributed by atoms with Crippen LogP contribution < -0.4 is 0 Å². The van der Waals surface area contributed by atoms with E-state index in [9.17, 15) is 5.11 Å². The van der Waals surface area contributed by atoms with Crippen LogP contribution in [-0.4, -0.2) is 26.1 Å². The van der Waals surface area contributed by atoms with E-state index in [4.69, 9.17) is 4.43 Å². The fraction of sp³-hybridized carbons (Fsp3) is 0.905. The summed E-state index contributed by atoms with van der Waals surface area (Å²) in [5, 5.41) is 10.2. The number of rotatable bonds is 12. The lowest BCUT2D eigenvalue weighted by Crippen LogP contribution is -2.48. The highest BCUT2D eigenvalue weighted by Gasteiger charge is 2.45. The van der Waals surface area contributed by atoms with Crippen molar-refractivity contribution in [3.8, 4) is 0 Å². The van der Waals surface area contributed by atoms with Gasteiger partial charge in [-0.3, -0.25) is 0 Å². The van der Waals surface area contributed by atoms with E-state index in [1.165, 1.54) is 0 Å². The van der Waals surface area contributed by atoms with E-state index in [1.807, 2.05) is 13.0 Å². The van der Waals surface area contributed by atoms with Crippen molar-refractivity contribution in [2.45, 2.75) is 97.9 Å². The van der Waals surface area contributed by atoms with E-state index < -0.39 is 8.32 Å². The lowest BCUT2D eigenvalue weighted by Gasteiger charge is -2.43. The maximum absolute atomic E-state index is 10.2. The van der Waals surface area contributed by atoms with E-state index in [0.717, 1.165) is 19.4 Å². The van der Waals surface area contributed by atoms with Gasteiger partial charge in [0.15, 0.2) is 8.32 Å². The summed E-state index contributed by atoms with van der Waals surface area (Å²) in [5.74, 6) is 1.21. The molecule has 0 radical (unpaired) electrons. The molecular weight excluding hydrogens is 312 g/mol. The van der Waals surface area contributed by atoms with E-state index in [-0.39, 0.29) is 12.0 Å². The van der Waals surface area contributed by atoms with Crippen LogP contribution in [0.15, 0.2) is 12.7 Å². The van der Waals surface area contributed by atoms with Crippen LogP contribution >= 0.6 is 0 Å². The molecular formula is C21H44O2Si. The Morgan fingerprint density at radius 2 is 1.29 bits per heavy atom. The van der Waals surface area contributed by atoms with Crippen molar-refractivity contribution in [2.24, 2.45) is 17.8 Å². The van der Waals surface area contributed by atoms with Gasteiger partial charge in [0.1, 0.15) is 0 Å². The van der Waals surface area contributed by atoms with E-state index in [1.54, 1.807) is 0 Å². The van der Waals surface area contributed by atoms with Gasteiger partial charge in [-0.25, -0.2) is 0 Å². The third-order valence-corrected chi connectivity index (χ3v) is 11.8. The smallest absolute Gasteiger partial charge is 0.200 e. The predicted molar refractivity (Wildman–Crippen MR) is 110 cm³/mol. The maximum atomic E-state index is 10.2. The molecule has 1 N–H and O–H groups in total. The van der Waals surface area contributed by atoms with Crippen LogP contribution in [0.4, 0.5) is 0 Å². The van der Waals surface area contributed by atoms with Crippen molar-refractivity contribution >= 4 is 8.32 Å². The molecule has 0 unspecified atom stereocenters. The maximum Gasteiger partial charge on any atom is 0.200 e. The Hall–Kier alpha value is -0.123. The molecule has 0 aliphatic carbocycles. The molecule has 0 aromatic carbocycles. The Morgan fingerprint density at radius 1 is 0.833 bits per heavy atom. The predicted octanol–water partition coefficient (Wildman–Crippen LogP) is 6.41. The average Bonchev–Trinajstić information content (AvgIpc) is 2.45. The highest BCUT2D eigenvalue weighted by molar-refractivity contribution is 6.77. The first-order chi connectivity index (χ1) is 11.0. The summed E-state index contributed by atoms with van der Waals surface area (Å²) in [5.41, 5.74) is 1.91. The standard InChI is InChI=1S/C21H44O2Si/c1-11-20(10)21(22)13-18(8)12-19(9)14-23-24(15(2)3,16(4)5)17(6)7/h11,15-22H,1,12-14H2,2-10H3/t18-,19+,20+,21-/m0/s1. The van der Waals surface area contributed by atoms with Gasteiger partial charge in [-0.1, -0.05) is 68.4 Å². The monoisotopic (exact) mass is 356 g/mol. The fourth-order valence-corrected chi connectivity index (χ4v) is 9.99. The van der Waals surface area contributed by atoms with Gasteiger partial charge in [0.25, 0.3) is 0 Å². The molecule has 0 rings (SSSR count). The Kier molecular flexibility index (Phi) is 10.7. The minimum atomic E-state index is -1.76. The van der Waals surface area contributed by atoms with E-state index >= 15 is 0 Å². The summed E-state index contributed by atoms with van der Waals surface area (Å²) in [4.78, 5) is 0. The molecule has 0 aliphatic heterocycles. The number of aliphatic hydroxyl groups is 1. The first-order valence-electron chi connectivity index (χ1n) is 9.93. The molecule has 144 valence electrons. The van der Waals surface area contributed by atoms with Crippen LogP contribution in [0.2, 0.25) is 16.6 Å². The van der Waals surface area contributed by atoms with Crippen LogP contribution in [0.1, 0.15) is 75.2 Å². The van der Waals surface area contributed by atoms with E-state index in [0.29, 0.717) is 28.5 Å². The Labute approximate surface area is 153 Å². The Bertz CT molecular complexity index is 330. The molecule has 0 aromatic rings. The summed E-state index contributed by atoms with van der Waals surface area (Å²) in [7, 11) is -1.76. The highest BCUT2D eigenvalue weighted by atomic mass is 28.4. The van der Waals surface area contributed by atoms with Crippen molar-refractivity contribution in [3.63, 3.8) is 0 Å². The van der Waals surface area contributed by atoms with Gasteiger partial charge < -0.3 is 9.53 Å². The summed E-state index contributed by atoms with van der Waals surface area (Å²) in [6.45, 7) is 25.2. The van der Waals surface area contributed by atoms with Gasteiger partial charge in [-0.15, -0.1) is 6.58 Å². The van der Waals surface area contributed by atoms with Gasteiger partial charge in [0.05, 0.1) is 6.10 Å². The minimum absolute atomic E-state index is 0.168. The second kappa shape index (κ2) is 10.8. The fourth-order valence-electron chi connectivity index (χ4n) is 4.42. The highest BCUT2D eigenvalue weighted by Crippen LogP contribution is 2.42. The largest absolute Gasteiger partial charge is 0.416 e. The van der Waals surface area contributed by atoms with Crippen molar-refractivity contribution in [1.82, 2.24) is 0 Å². The normalized spacial score (nSPS) is 18.0. The van der Waals surface area contributed by atoms with Crippen molar-refractivity contribution in [1.29, 1.82) is 0 Å². The molecule has 3 heteroatoms. The van der Waals surface area contributed by atoms with E-state index in [2.05, 4.69) is 62.0 Å². The lowest BCUT2D eigenvalue weighted by molar-refractivity contribution is 0.103. The molecule has 0 amide bonds. The van der Waals surface area contributed by atoms with Gasteiger partial charge in [-0.05, 0) is 47.2 Å². The van der Waals surface area contributed by atoms with Crippen LogP contribution in [0.3, 0.4) is 0 Å². The van der Waals surface area contributed by atoms with Crippen molar-refractivity contribution < 1.29 is 9.53 Å². The second-order valence-corrected chi connectivity index (χ2v) is 14.4. The van der Waals surface area contributed by atoms with Gasteiger partial charge in [-0.2, -0.15) is 0 Å². The van der Waals surface area contributed by atoms with Gasteiger partial charge in [0, 0.05) is 6.61 Å². The first kappa shape index (κ1) is 23.9. The summed E-state index contributed by atoms with van der Waals surface area (Å²) in [6.07, 6.45) is 3.52. The molecule has 2 nitrogen and oxygen atoms in total. The summed E-state index contributed by atoms with van der Waals surface area (Å²) < 4.78 is 6.71. The molecule has 0 aliphatic rings. The molecule has 0 heterocycles. The van der Waals surface area contributed by atoms with Crippen LogP contribution in [0.5, 0.6) is 0 Å². The minimum Gasteiger partial charge on any atom is -0.416 e. The second-order valence-electron chi connectivity index (χ2n) is 8.97. The molecule has 0 aromatic heterocycles. The van der Waals surface area contributed by atoms with Crippen molar-refractivity contribution in [3.05, 3.63) is 12.7 Å². The van der Waals surface area contributed by atoms with Crippen LogP contribution in [-0.2, 0) is 4.43 Å². The lowest BCUT2D eigenvalue weighted by atomic mass is 9.89. The van der Waals surface area contributed by atoms with Gasteiger partial charge >= 0.3 is 0 Å². The molecule has 24 heavy (non-hydrogen) atoms.